The van der Waals surface area contributed by atoms with Crippen molar-refractivity contribution < 1.29 is 4.79 Å². The van der Waals surface area contributed by atoms with E-state index in [-0.39, 0.29) is 12.1 Å². The van der Waals surface area contributed by atoms with E-state index in [0.717, 1.165) is 28.7 Å². The fraction of sp³-hybridized carbons (Fsp3) is 0.263. The molecule has 1 unspecified atom stereocenters. The van der Waals surface area contributed by atoms with Crippen molar-refractivity contribution in [1.82, 2.24) is 4.90 Å². The van der Waals surface area contributed by atoms with Crippen molar-refractivity contribution in [1.29, 1.82) is 0 Å². The van der Waals surface area contributed by atoms with Gasteiger partial charge in [-0.2, -0.15) is 0 Å². The maximum Gasteiger partial charge on any atom is 0.330 e. The van der Waals surface area contributed by atoms with Crippen molar-refractivity contribution in [2.45, 2.75) is 19.4 Å². The van der Waals surface area contributed by atoms with Crippen molar-refractivity contribution in [3.8, 4) is 0 Å². The van der Waals surface area contributed by atoms with Crippen molar-refractivity contribution in [3.63, 3.8) is 0 Å². The Balaban J connectivity index is 1.89. The van der Waals surface area contributed by atoms with Crippen LogP contribution in [0.5, 0.6) is 0 Å². The summed E-state index contributed by atoms with van der Waals surface area (Å²) in [6.45, 7) is 2.08. The number of thioether (sulfide) groups is 1. The number of urea groups is 1. The molecule has 0 N–H and O–H groups in total. The molecule has 0 aromatic heterocycles. The summed E-state index contributed by atoms with van der Waals surface area (Å²) >= 11 is 1.64. The van der Waals surface area contributed by atoms with Gasteiger partial charge in [-0.1, -0.05) is 48.2 Å². The molecule has 124 valence electrons. The van der Waals surface area contributed by atoms with Crippen LogP contribution in [0.2, 0.25) is 0 Å². The van der Waals surface area contributed by atoms with Crippen molar-refractivity contribution >= 4 is 34.3 Å². The monoisotopic (exact) mass is 339 g/mol. The molecule has 1 heterocycles. The molecule has 1 saturated heterocycles. The lowest BCUT2D eigenvalue weighted by Crippen LogP contribution is -2.50. The Morgan fingerprint density at radius 3 is 2.42 bits per heavy atom. The second-order valence-electron chi connectivity index (χ2n) is 5.76. The first-order valence-corrected chi connectivity index (χ1v) is 9.04. The molecule has 1 aliphatic rings. The summed E-state index contributed by atoms with van der Waals surface area (Å²) < 4.78 is 0. The highest BCUT2D eigenvalue weighted by Crippen LogP contribution is 2.28. The minimum atomic E-state index is -0.0458. The van der Waals surface area contributed by atoms with Crippen LogP contribution in [0.15, 0.2) is 65.7 Å². The molecule has 4 nitrogen and oxygen atoms in total. The van der Waals surface area contributed by atoms with Crippen LogP contribution in [-0.2, 0) is 0 Å². The van der Waals surface area contributed by atoms with Crippen LogP contribution in [0, 0.1) is 0 Å². The third-order valence-electron chi connectivity index (χ3n) is 4.03. The number of carbonyl (C=O) groups is 1. The maximum atomic E-state index is 13.1. The van der Waals surface area contributed by atoms with Gasteiger partial charge in [0.15, 0.2) is 5.17 Å². The van der Waals surface area contributed by atoms with Crippen molar-refractivity contribution in [2.24, 2.45) is 4.99 Å². The molecule has 0 radical (unpaired) electrons. The molecular weight excluding hydrogens is 318 g/mol. The van der Waals surface area contributed by atoms with Gasteiger partial charge in [-0.3, -0.25) is 9.80 Å². The second kappa shape index (κ2) is 7.53. The number of para-hydroxylation sites is 2. The lowest BCUT2D eigenvalue weighted by molar-refractivity contribution is 0.218. The Bertz CT molecular complexity index is 718. The van der Waals surface area contributed by atoms with E-state index < -0.39 is 0 Å². The Hall–Kier alpha value is -2.27. The summed E-state index contributed by atoms with van der Waals surface area (Å²) in [5.74, 6) is 0.978. The first-order chi connectivity index (χ1) is 11.7. The Kier molecular flexibility index (Phi) is 5.20. The first kappa shape index (κ1) is 16.6. The van der Waals surface area contributed by atoms with Crippen LogP contribution in [0.25, 0.3) is 0 Å². The quantitative estimate of drug-likeness (QED) is 0.791. The van der Waals surface area contributed by atoms with Gasteiger partial charge in [0.1, 0.15) is 0 Å². The number of nitrogens with zero attached hydrogens (tertiary/aromatic N) is 3. The number of rotatable bonds is 2. The largest absolute Gasteiger partial charge is 0.330 e. The number of hydrogen-bond acceptors (Lipinski definition) is 3. The lowest BCUT2D eigenvalue weighted by atomic mass is 10.2. The van der Waals surface area contributed by atoms with E-state index in [9.17, 15) is 4.79 Å². The summed E-state index contributed by atoms with van der Waals surface area (Å²) in [7, 11) is 1.81. The zero-order chi connectivity index (χ0) is 16.9. The Morgan fingerprint density at radius 2 is 1.75 bits per heavy atom. The standard InChI is InChI=1S/C19H21N3OS/c1-15-13-14-24-18(20-16-9-5-3-6-10-16)22(15)19(23)21(2)17-11-7-4-8-12-17/h3-12,15H,13-14H2,1-2H3. The molecule has 2 aromatic rings. The Morgan fingerprint density at radius 1 is 1.12 bits per heavy atom. The van der Waals surface area contributed by atoms with Gasteiger partial charge in [0, 0.05) is 24.5 Å². The van der Waals surface area contributed by atoms with E-state index in [1.54, 1.807) is 16.7 Å². The number of carbonyl (C=O) groups excluding carboxylic acids is 1. The van der Waals surface area contributed by atoms with E-state index in [0.29, 0.717) is 0 Å². The number of hydrogen-bond donors (Lipinski definition) is 0. The van der Waals surface area contributed by atoms with E-state index in [1.165, 1.54) is 0 Å². The zero-order valence-electron chi connectivity index (χ0n) is 13.9. The highest BCUT2D eigenvalue weighted by Gasteiger charge is 2.32. The van der Waals surface area contributed by atoms with Crippen LogP contribution in [0.3, 0.4) is 0 Å². The normalized spacial score (nSPS) is 19.3. The molecule has 3 rings (SSSR count). The first-order valence-electron chi connectivity index (χ1n) is 8.05. The summed E-state index contributed by atoms with van der Waals surface area (Å²) in [6, 6.07) is 19.6. The highest BCUT2D eigenvalue weighted by molar-refractivity contribution is 8.13. The molecule has 1 fully saturated rings. The van der Waals surface area contributed by atoms with Crippen molar-refractivity contribution in [2.75, 3.05) is 17.7 Å². The van der Waals surface area contributed by atoms with Gasteiger partial charge in [-0.05, 0) is 37.6 Å². The Labute approximate surface area is 147 Å². The number of aliphatic imine (C=N–C) groups is 1. The topological polar surface area (TPSA) is 35.9 Å². The predicted octanol–water partition coefficient (Wildman–Crippen LogP) is 4.76. The van der Waals surface area contributed by atoms with Crippen LogP contribution < -0.4 is 4.90 Å². The number of benzene rings is 2. The minimum absolute atomic E-state index is 0.0458. The molecule has 1 aliphatic heterocycles. The van der Waals surface area contributed by atoms with Gasteiger partial charge < -0.3 is 0 Å². The molecule has 2 aromatic carbocycles. The van der Waals surface area contributed by atoms with E-state index in [1.807, 2.05) is 72.6 Å². The van der Waals surface area contributed by atoms with Crippen LogP contribution in [0.4, 0.5) is 16.2 Å². The third-order valence-corrected chi connectivity index (χ3v) is 5.02. The van der Waals surface area contributed by atoms with Gasteiger partial charge in [0.2, 0.25) is 0 Å². The zero-order valence-corrected chi connectivity index (χ0v) is 14.7. The van der Waals surface area contributed by atoms with Crippen LogP contribution in [-0.4, -0.2) is 34.9 Å². The molecule has 5 heteroatoms. The minimum Gasteiger partial charge on any atom is -0.297 e. The van der Waals surface area contributed by atoms with Crippen LogP contribution >= 0.6 is 11.8 Å². The summed E-state index contributed by atoms with van der Waals surface area (Å²) in [6.07, 6.45) is 0.965. The summed E-state index contributed by atoms with van der Waals surface area (Å²) in [4.78, 5) is 21.3. The summed E-state index contributed by atoms with van der Waals surface area (Å²) in [5.41, 5.74) is 1.75. The fourth-order valence-electron chi connectivity index (χ4n) is 2.60. The van der Waals surface area contributed by atoms with Crippen LogP contribution in [0.1, 0.15) is 13.3 Å². The molecule has 24 heavy (non-hydrogen) atoms. The van der Waals surface area contributed by atoms with Gasteiger partial charge in [0.05, 0.1) is 5.69 Å². The number of anilines is 1. The van der Waals surface area contributed by atoms with Crippen molar-refractivity contribution in [3.05, 3.63) is 60.7 Å². The SMILES string of the molecule is CC1CCSC(=Nc2ccccc2)N1C(=O)N(C)c1ccccc1. The van der Waals surface area contributed by atoms with Gasteiger partial charge in [-0.15, -0.1) is 0 Å². The molecule has 0 bridgehead atoms. The number of amides is 2. The highest BCUT2D eigenvalue weighted by atomic mass is 32.2. The van der Waals surface area contributed by atoms with Gasteiger partial charge >= 0.3 is 6.03 Å². The third kappa shape index (κ3) is 3.62. The summed E-state index contributed by atoms with van der Waals surface area (Å²) in [5, 5.41) is 0.771. The average Bonchev–Trinajstić information content (AvgIpc) is 2.62. The molecule has 2 amide bonds. The fourth-order valence-corrected chi connectivity index (χ4v) is 3.81. The van der Waals surface area contributed by atoms with Gasteiger partial charge in [0.25, 0.3) is 0 Å². The molecule has 0 saturated carbocycles. The molecule has 0 aliphatic carbocycles. The molecule has 0 spiro atoms. The smallest absolute Gasteiger partial charge is 0.297 e. The van der Waals surface area contributed by atoms with E-state index in [2.05, 4.69) is 6.92 Å². The second-order valence-corrected chi connectivity index (χ2v) is 6.83. The number of amidine groups is 1. The lowest BCUT2D eigenvalue weighted by Gasteiger charge is -2.36. The van der Waals surface area contributed by atoms with Gasteiger partial charge in [-0.25, -0.2) is 9.79 Å². The molecular formula is C19H21N3OS. The van der Waals surface area contributed by atoms with E-state index in [4.69, 9.17) is 4.99 Å². The predicted molar refractivity (Wildman–Crippen MR) is 102 cm³/mol. The molecule has 1 atom stereocenters. The maximum absolute atomic E-state index is 13.1. The van der Waals surface area contributed by atoms with E-state index >= 15 is 0 Å². The average molecular weight is 339 g/mol.